The number of nitrogens with two attached hydrogens (primary N) is 1. The van der Waals surface area contributed by atoms with Crippen LogP contribution >= 0.6 is 22.7 Å². The zero-order valence-corrected chi connectivity index (χ0v) is 12.4. The van der Waals surface area contributed by atoms with Crippen molar-refractivity contribution in [2.24, 2.45) is 0 Å². The van der Waals surface area contributed by atoms with Crippen LogP contribution in [0, 0.1) is 6.92 Å². The van der Waals surface area contributed by atoms with Crippen molar-refractivity contribution in [2.75, 3.05) is 18.8 Å². The zero-order valence-electron chi connectivity index (χ0n) is 10.8. The van der Waals surface area contributed by atoms with Gasteiger partial charge in [0.15, 0.2) is 0 Å². The minimum absolute atomic E-state index is 0.0963. The SMILES string of the molecule is Cc1ccsc1-c1csc(N)c1C(=O)N1CCCC1. The van der Waals surface area contributed by atoms with Crippen LogP contribution < -0.4 is 5.73 Å². The van der Waals surface area contributed by atoms with Crippen LogP contribution in [0.2, 0.25) is 0 Å². The lowest BCUT2D eigenvalue weighted by Crippen LogP contribution is -2.28. The Kier molecular flexibility index (Phi) is 3.33. The zero-order chi connectivity index (χ0) is 13.4. The molecule has 0 bridgehead atoms. The van der Waals surface area contributed by atoms with Gasteiger partial charge >= 0.3 is 0 Å². The normalized spacial score (nSPS) is 15.1. The third-order valence-electron chi connectivity index (χ3n) is 3.53. The second-order valence-electron chi connectivity index (χ2n) is 4.82. The Balaban J connectivity index is 2.04. The van der Waals surface area contributed by atoms with Gasteiger partial charge in [-0.2, -0.15) is 0 Å². The minimum atomic E-state index is 0.0963. The van der Waals surface area contributed by atoms with E-state index in [1.807, 2.05) is 10.3 Å². The summed E-state index contributed by atoms with van der Waals surface area (Å²) in [5, 5.41) is 4.71. The molecule has 3 heterocycles. The van der Waals surface area contributed by atoms with Gasteiger partial charge in [0.05, 0.1) is 10.6 Å². The van der Waals surface area contributed by atoms with Crippen LogP contribution in [0.5, 0.6) is 0 Å². The van der Waals surface area contributed by atoms with Gasteiger partial charge < -0.3 is 10.6 Å². The van der Waals surface area contributed by atoms with E-state index < -0.39 is 0 Å². The first kappa shape index (κ1) is 12.7. The number of likely N-dealkylation sites (tertiary alicyclic amines) is 1. The van der Waals surface area contributed by atoms with Gasteiger partial charge in [-0.1, -0.05) is 0 Å². The molecule has 19 heavy (non-hydrogen) atoms. The highest BCUT2D eigenvalue weighted by Crippen LogP contribution is 2.39. The summed E-state index contributed by atoms with van der Waals surface area (Å²) in [5.41, 5.74) is 8.96. The predicted octanol–water partition coefficient (Wildman–Crippen LogP) is 3.60. The molecule has 3 nitrogen and oxygen atoms in total. The second-order valence-corrected chi connectivity index (χ2v) is 6.65. The third-order valence-corrected chi connectivity index (χ3v) is 5.39. The number of nitrogen functional groups attached to an aromatic ring is 1. The molecule has 0 atom stereocenters. The van der Waals surface area contributed by atoms with Gasteiger partial charge in [-0.15, -0.1) is 22.7 Å². The summed E-state index contributed by atoms with van der Waals surface area (Å²) in [6.45, 7) is 3.79. The van der Waals surface area contributed by atoms with Crippen LogP contribution in [0.25, 0.3) is 10.4 Å². The highest BCUT2D eigenvalue weighted by molar-refractivity contribution is 7.16. The van der Waals surface area contributed by atoms with E-state index in [9.17, 15) is 4.79 Å². The summed E-state index contributed by atoms with van der Waals surface area (Å²) in [6.07, 6.45) is 2.20. The molecule has 0 aromatic carbocycles. The van der Waals surface area contributed by atoms with Gasteiger partial charge in [-0.3, -0.25) is 4.79 Å². The van der Waals surface area contributed by atoms with Gasteiger partial charge in [-0.25, -0.2) is 0 Å². The number of rotatable bonds is 2. The first-order valence-corrected chi connectivity index (χ1v) is 8.15. The average Bonchev–Trinajstić information content (AvgIpc) is 3.08. The number of thiophene rings is 2. The molecule has 100 valence electrons. The summed E-state index contributed by atoms with van der Waals surface area (Å²) in [6, 6.07) is 2.08. The highest BCUT2D eigenvalue weighted by Gasteiger charge is 2.26. The third kappa shape index (κ3) is 2.17. The van der Waals surface area contributed by atoms with Crippen LogP contribution in [0.4, 0.5) is 5.00 Å². The molecule has 1 amide bonds. The fraction of sp³-hybridized carbons (Fsp3) is 0.357. The molecule has 2 aromatic heterocycles. The topological polar surface area (TPSA) is 46.3 Å². The lowest BCUT2D eigenvalue weighted by molar-refractivity contribution is 0.0795. The Morgan fingerprint density at radius 3 is 2.68 bits per heavy atom. The van der Waals surface area contributed by atoms with Crippen molar-refractivity contribution in [3.05, 3.63) is 28.0 Å². The van der Waals surface area contributed by atoms with Crippen molar-refractivity contribution >= 4 is 33.6 Å². The van der Waals surface area contributed by atoms with E-state index in [0.717, 1.165) is 36.4 Å². The van der Waals surface area contributed by atoms with Crippen LogP contribution in [0.15, 0.2) is 16.8 Å². The van der Waals surface area contributed by atoms with Gasteiger partial charge in [-0.05, 0) is 36.8 Å². The molecule has 1 saturated heterocycles. The number of hydrogen-bond acceptors (Lipinski definition) is 4. The van der Waals surface area contributed by atoms with Crippen molar-refractivity contribution in [3.63, 3.8) is 0 Å². The van der Waals surface area contributed by atoms with Crippen molar-refractivity contribution in [2.45, 2.75) is 19.8 Å². The smallest absolute Gasteiger partial charge is 0.257 e. The monoisotopic (exact) mass is 292 g/mol. The average molecular weight is 292 g/mol. The molecule has 0 saturated carbocycles. The number of amides is 1. The molecule has 1 aliphatic heterocycles. The summed E-state index contributed by atoms with van der Waals surface area (Å²) in [4.78, 5) is 15.7. The molecule has 1 fully saturated rings. The van der Waals surface area contributed by atoms with E-state index >= 15 is 0 Å². The Morgan fingerprint density at radius 2 is 2.05 bits per heavy atom. The minimum Gasteiger partial charge on any atom is -0.390 e. The van der Waals surface area contributed by atoms with E-state index in [1.165, 1.54) is 16.9 Å². The van der Waals surface area contributed by atoms with E-state index in [0.29, 0.717) is 10.6 Å². The lowest BCUT2D eigenvalue weighted by Gasteiger charge is -2.16. The first-order valence-electron chi connectivity index (χ1n) is 6.39. The summed E-state index contributed by atoms with van der Waals surface area (Å²) in [7, 11) is 0. The lowest BCUT2D eigenvalue weighted by atomic mass is 10.1. The van der Waals surface area contributed by atoms with Crippen molar-refractivity contribution in [3.8, 4) is 10.4 Å². The summed E-state index contributed by atoms with van der Waals surface area (Å²) >= 11 is 3.13. The van der Waals surface area contributed by atoms with E-state index in [-0.39, 0.29) is 5.91 Å². The van der Waals surface area contributed by atoms with Gasteiger partial charge in [0, 0.05) is 28.9 Å². The molecule has 0 spiro atoms. The molecular formula is C14H16N2OS2. The maximum absolute atomic E-state index is 12.6. The molecule has 1 aliphatic rings. The molecule has 0 aliphatic carbocycles. The van der Waals surface area contributed by atoms with E-state index in [2.05, 4.69) is 18.4 Å². The van der Waals surface area contributed by atoms with Crippen LogP contribution in [0.3, 0.4) is 0 Å². The van der Waals surface area contributed by atoms with Gasteiger partial charge in [0.1, 0.15) is 0 Å². The Morgan fingerprint density at radius 1 is 1.32 bits per heavy atom. The van der Waals surface area contributed by atoms with Crippen LogP contribution in [-0.4, -0.2) is 23.9 Å². The molecule has 0 unspecified atom stereocenters. The number of carbonyl (C=O) groups excluding carboxylic acids is 1. The molecule has 0 radical (unpaired) electrons. The highest BCUT2D eigenvalue weighted by atomic mass is 32.1. The maximum Gasteiger partial charge on any atom is 0.257 e. The van der Waals surface area contributed by atoms with Gasteiger partial charge in [0.2, 0.25) is 0 Å². The van der Waals surface area contributed by atoms with Crippen molar-refractivity contribution in [1.82, 2.24) is 4.90 Å². The van der Waals surface area contributed by atoms with Crippen LogP contribution in [-0.2, 0) is 0 Å². The Bertz CT molecular complexity index is 609. The Labute approximate surface area is 120 Å². The maximum atomic E-state index is 12.6. The predicted molar refractivity (Wildman–Crippen MR) is 81.9 cm³/mol. The largest absolute Gasteiger partial charge is 0.390 e. The first-order chi connectivity index (χ1) is 9.18. The number of nitrogens with zero attached hydrogens (tertiary/aromatic N) is 1. The molecule has 2 N–H and O–H groups in total. The number of carbonyl (C=O) groups is 1. The fourth-order valence-corrected chi connectivity index (χ4v) is 4.31. The quantitative estimate of drug-likeness (QED) is 0.919. The number of anilines is 1. The molecular weight excluding hydrogens is 276 g/mol. The van der Waals surface area contributed by atoms with Crippen LogP contribution in [0.1, 0.15) is 28.8 Å². The van der Waals surface area contributed by atoms with Crippen molar-refractivity contribution < 1.29 is 4.79 Å². The number of hydrogen-bond donors (Lipinski definition) is 1. The second kappa shape index (κ2) is 4.98. The fourth-order valence-electron chi connectivity index (χ4n) is 2.49. The van der Waals surface area contributed by atoms with Crippen molar-refractivity contribution in [1.29, 1.82) is 0 Å². The standard InChI is InChI=1S/C14H16N2OS2/c1-9-4-7-18-12(9)10-8-19-13(15)11(10)14(17)16-5-2-3-6-16/h4,7-8H,2-3,5-6,15H2,1H3. The molecule has 3 rings (SSSR count). The molecule has 5 heteroatoms. The van der Waals surface area contributed by atoms with E-state index in [4.69, 9.17) is 5.73 Å². The summed E-state index contributed by atoms with van der Waals surface area (Å²) in [5.74, 6) is 0.0963. The van der Waals surface area contributed by atoms with Gasteiger partial charge in [0.25, 0.3) is 5.91 Å². The van der Waals surface area contributed by atoms with E-state index in [1.54, 1.807) is 11.3 Å². The summed E-state index contributed by atoms with van der Waals surface area (Å²) < 4.78 is 0. The molecule has 2 aromatic rings. The Hall–Kier alpha value is -1.33. The number of aryl methyl sites for hydroxylation is 1.